The summed E-state index contributed by atoms with van der Waals surface area (Å²) in [6, 6.07) is 7.74. The zero-order valence-corrected chi connectivity index (χ0v) is 35.7. The molecule has 348 valence electrons. The molecule has 12 nitrogen and oxygen atoms in total. The number of halogens is 15. The van der Waals surface area contributed by atoms with E-state index in [4.69, 9.17) is 17.1 Å². The van der Waals surface area contributed by atoms with Gasteiger partial charge in [-0.25, -0.2) is 8.78 Å². The Bertz CT molecular complexity index is 2510. The number of carbonyl (C=O) groups is 2. The second kappa shape index (κ2) is 20.8. The Morgan fingerprint density at radius 1 is 0.561 bits per heavy atom. The summed E-state index contributed by atoms with van der Waals surface area (Å²) in [5.74, 6) is -3.27. The van der Waals surface area contributed by atoms with Gasteiger partial charge in [-0.3, -0.25) is 29.8 Å². The Morgan fingerprint density at radius 3 is 1.12 bits per heavy atom. The molecule has 0 unspecified atom stereocenters. The Kier molecular flexibility index (Phi) is 18.1. The molecule has 0 aromatic heterocycles. The van der Waals surface area contributed by atoms with Crippen LogP contribution in [0.1, 0.15) is 59.7 Å². The molecular weight excluding hydrogens is 944 g/mol. The van der Waals surface area contributed by atoms with Crippen molar-refractivity contribution in [1.82, 2.24) is 0 Å². The summed E-state index contributed by atoms with van der Waals surface area (Å²) in [6.07, 6.45) is -25.2. The van der Waals surface area contributed by atoms with Crippen LogP contribution in [-0.2, 0) is 11.3 Å². The van der Waals surface area contributed by atoms with Gasteiger partial charge in [0.25, 0.3) is 17.5 Å². The van der Waals surface area contributed by atoms with Crippen LogP contribution in [0.15, 0.2) is 60.7 Å². The molecule has 0 heterocycles. The summed E-state index contributed by atoms with van der Waals surface area (Å²) in [4.78, 5) is 44.5. The van der Waals surface area contributed by atoms with Crippen LogP contribution in [0.5, 0.6) is 0 Å². The molecule has 2 N–H and O–H groups in total. The first-order chi connectivity index (χ1) is 29.5. The third-order valence-electron chi connectivity index (χ3n) is 8.88. The van der Waals surface area contributed by atoms with Crippen molar-refractivity contribution in [2.75, 3.05) is 10.6 Å². The van der Waals surface area contributed by atoms with E-state index in [0.29, 0.717) is 24.3 Å². The average molecular weight is 969 g/mol. The zero-order valence-electron chi connectivity index (χ0n) is 33.7. The predicted molar refractivity (Wildman–Crippen MR) is 193 cm³/mol. The number of nitrogens with zero attached hydrogens (tertiary/aromatic N) is 4. The van der Waals surface area contributed by atoms with Gasteiger partial charge in [-0.15, -0.1) is 0 Å². The van der Waals surface area contributed by atoms with Crippen molar-refractivity contribution in [2.24, 2.45) is 0 Å². The van der Waals surface area contributed by atoms with Crippen LogP contribution >= 0.6 is 0 Å². The van der Waals surface area contributed by atoms with Crippen molar-refractivity contribution >= 4 is 34.6 Å². The van der Waals surface area contributed by atoms with E-state index in [1.807, 2.05) is 0 Å². The SMILES string of the molecule is Cc1cc(C(F)(C(F)(F)F)C(F)(F)F)cc(C)c1NC(=O)c1ccc(C#N)c([N+](=O)[O-])c1.Cc1cc(C(F)(C(F)(F)F)C(F)(F)F)cc(C)c1NC(=O)c1ccc(F)c([N+](=O)[O-])c1.[C-]#N.[Na+]. The quantitative estimate of drug-likeness (QED) is 0.0576. The fourth-order valence-corrected chi connectivity index (χ4v) is 5.78. The van der Waals surface area contributed by atoms with Crippen LogP contribution in [0.2, 0.25) is 0 Å². The minimum absolute atomic E-state index is 0. The maximum Gasteiger partial charge on any atom is 1.00 e. The predicted octanol–water partition coefficient (Wildman–Crippen LogP) is 8.62. The number of nitro benzene ring substituents is 2. The second-order valence-electron chi connectivity index (χ2n) is 13.2. The first-order valence-corrected chi connectivity index (χ1v) is 16.9. The second-order valence-corrected chi connectivity index (χ2v) is 13.2. The molecule has 0 aliphatic carbocycles. The van der Waals surface area contributed by atoms with Crippen LogP contribution in [0.25, 0.3) is 0 Å². The van der Waals surface area contributed by atoms with Gasteiger partial charge in [0, 0.05) is 45.8 Å². The van der Waals surface area contributed by atoms with Crippen molar-refractivity contribution in [1.29, 1.82) is 10.5 Å². The molecule has 0 bridgehead atoms. The molecule has 0 saturated heterocycles. The molecule has 0 fully saturated rings. The number of hydrogen-bond acceptors (Lipinski definition) is 8. The number of rotatable bonds is 8. The third kappa shape index (κ3) is 11.7. The Morgan fingerprint density at radius 2 is 0.848 bits per heavy atom. The summed E-state index contributed by atoms with van der Waals surface area (Å²) >= 11 is 0. The van der Waals surface area contributed by atoms with Gasteiger partial charge in [-0.1, -0.05) is 24.3 Å². The number of anilines is 2. The summed E-state index contributed by atoms with van der Waals surface area (Å²) in [6.45, 7) is 8.93. The topological polar surface area (TPSA) is 192 Å². The molecule has 0 saturated carbocycles. The smallest absolute Gasteiger partial charge is 0.512 e. The van der Waals surface area contributed by atoms with Gasteiger partial charge in [0.05, 0.1) is 9.85 Å². The maximum atomic E-state index is 14.3. The Labute approximate surface area is 382 Å². The number of aryl methyl sites for hydroxylation is 4. The van der Waals surface area contributed by atoms with E-state index in [1.54, 1.807) is 6.07 Å². The van der Waals surface area contributed by atoms with Crippen molar-refractivity contribution in [3.05, 3.63) is 143 Å². The van der Waals surface area contributed by atoms with Gasteiger partial charge in [0.1, 0.15) is 11.6 Å². The van der Waals surface area contributed by atoms with Crippen LogP contribution in [0, 0.1) is 76.9 Å². The molecule has 4 aromatic carbocycles. The number of benzene rings is 4. The number of alkyl halides is 14. The van der Waals surface area contributed by atoms with Crippen LogP contribution in [0.3, 0.4) is 0 Å². The van der Waals surface area contributed by atoms with Crippen molar-refractivity contribution in [3.8, 4) is 6.07 Å². The summed E-state index contributed by atoms with van der Waals surface area (Å²) in [5, 5.41) is 41.3. The third-order valence-corrected chi connectivity index (χ3v) is 8.88. The Balaban J connectivity index is 0.000000627. The fraction of sp³-hybridized carbons (Fsp3) is 0.263. The average Bonchev–Trinajstić information content (AvgIpc) is 3.18. The van der Waals surface area contributed by atoms with Crippen molar-refractivity contribution in [2.45, 2.75) is 63.7 Å². The van der Waals surface area contributed by atoms with Crippen molar-refractivity contribution in [3.63, 3.8) is 0 Å². The Hall–Kier alpha value is -6.45. The molecule has 66 heavy (non-hydrogen) atoms. The van der Waals surface area contributed by atoms with Crippen LogP contribution in [-0.4, -0.2) is 46.4 Å². The van der Waals surface area contributed by atoms with Gasteiger partial charge in [0.15, 0.2) is 0 Å². The molecule has 0 aliphatic rings. The van der Waals surface area contributed by atoms with Crippen molar-refractivity contribution < 1.29 is 115 Å². The first-order valence-electron chi connectivity index (χ1n) is 16.9. The number of nitro groups is 2. The van der Waals surface area contributed by atoms with E-state index in [1.165, 1.54) is 0 Å². The van der Waals surface area contributed by atoms with Crippen LogP contribution < -0.4 is 40.2 Å². The van der Waals surface area contributed by atoms with Gasteiger partial charge in [0.2, 0.25) is 5.82 Å². The summed E-state index contributed by atoms with van der Waals surface area (Å²) < 4.78 is 198. The molecule has 0 spiro atoms. The molecular formula is C38H24F15N6NaO6. The van der Waals surface area contributed by atoms with Gasteiger partial charge < -0.3 is 22.5 Å². The molecule has 0 aliphatic heterocycles. The van der Waals surface area contributed by atoms with E-state index >= 15 is 0 Å². The molecule has 4 rings (SSSR count). The number of carbonyl (C=O) groups excluding carboxylic acids is 2. The van der Waals surface area contributed by atoms with Gasteiger partial charge >= 0.3 is 71.3 Å². The minimum Gasteiger partial charge on any atom is -0.512 e. The number of amides is 2. The molecule has 2 amide bonds. The normalized spacial score (nSPS) is 11.9. The zero-order chi connectivity index (χ0) is 50.6. The summed E-state index contributed by atoms with van der Waals surface area (Å²) in [7, 11) is 0. The van der Waals surface area contributed by atoms with Gasteiger partial charge in [-0.05, 0) is 74.2 Å². The van der Waals surface area contributed by atoms with E-state index < -0.39 is 91.6 Å². The van der Waals surface area contributed by atoms with Crippen LogP contribution in [0.4, 0.5) is 88.6 Å². The van der Waals surface area contributed by atoms with Gasteiger partial charge in [-0.2, -0.15) is 62.3 Å². The summed E-state index contributed by atoms with van der Waals surface area (Å²) in [5.41, 5.74) is -19.2. The van der Waals surface area contributed by atoms with E-state index in [0.717, 1.165) is 52.0 Å². The number of nitriles is 1. The van der Waals surface area contributed by atoms with E-state index in [-0.39, 0.29) is 86.4 Å². The maximum absolute atomic E-state index is 14.3. The largest absolute Gasteiger partial charge is 1.00 e. The fourth-order valence-electron chi connectivity index (χ4n) is 5.78. The number of nitrogens with one attached hydrogen (secondary N) is 2. The first kappa shape index (κ1) is 57.6. The standard InChI is InChI=1S/C19H12F7N3O3.C18H12F8N2O3.CN.Na/c1-9-5-13(17(20,18(21,22)23)19(24,25)26)6-10(2)15(9)28-16(30)11-3-4-12(8-27)14(7-11)29(31)32;1-8-5-11(16(20,17(21,22)23)18(24,25)26)6-9(2)14(8)27-15(29)10-3-4-12(19)13(7-10)28(30)31;1-2;/h3-7H,1-2H3,(H,28,30);3-7H,1-2H3,(H,27,29);;/q;;-1;+1. The van der Waals surface area contributed by atoms with E-state index in [9.17, 15) is 95.7 Å². The molecule has 0 atom stereocenters. The van der Waals surface area contributed by atoms with E-state index in [2.05, 4.69) is 10.6 Å². The monoisotopic (exact) mass is 968 g/mol. The number of hydrogen-bond donors (Lipinski definition) is 2. The minimum atomic E-state index is -6.30. The molecule has 4 aromatic rings. The molecule has 28 heteroatoms. The molecule has 0 radical (unpaired) electrons.